The lowest BCUT2D eigenvalue weighted by molar-refractivity contribution is 0.0297. The molecule has 2 aliphatic rings. The largest absolute Gasteiger partial charge is 0.385 e. The quantitative estimate of drug-likeness (QED) is 0.282. The van der Waals surface area contributed by atoms with Crippen LogP contribution in [-0.4, -0.2) is 42.9 Å². The van der Waals surface area contributed by atoms with Crippen LogP contribution in [0.4, 0.5) is 4.39 Å². The summed E-state index contributed by atoms with van der Waals surface area (Å²) in [6, 6.07) is 15.2. The lowest BCUT2D eigenvalue weighted by atomic mass is 9.86. The van der Waals surface area contributed by atoms with Crippen molar-refractivity contribution in [3.05, 3.63) is 77.4 Å². The van der Waals surface area contributed by atoms with Gasteiger partial charge in [-0.05, 0) is 62.9 Å². The summed E-state index contributed by atoms with van der Waals surface area (Å²) in [5.74, 6) is -0.299. The van der Waals surface area contributed by atoms with Gasteiger partial charge in [-0.25, -0.2) is 9.07 Å². The molecular weight excluding hydrogens is 505 g/mol. The monoisotopic (exact) mass is 542 g/mol. The number of pyridine rings is 1. The van der Waals surface area contributed by atoms with Crippen LogP contribution in [0.3, 0.4) is 0 Å². The first-order valence-electron chi connectivity index (χ1n) is 15.5. The zero-order chi connectivity index (χ0) is 30.1. The van der Waals surface area contributed by atoms with Crippen molar-refractivity contribution in [2.24, 2.45) is 18.9 Å². The van der Waals surface area contributed by atoms with E-state index >= 15 is 4.39 Å². The molecule has 2 atom stereocenters. The van der Waals surface area contributed by atoms with Crippen molar-refractivity contribution < 1.29 is 18.3 Å². The Morgan fingerprint density at radius 1 is 1.12 bits per heavy atom. The molecule has 7 nitrogen and oxygen atoms in total. The number of hydrogen-bond donors (Lipinski definition) is 1. The van der Waals surface area contributed by atoms with Crippen LogP contribution in [-0.2, 0) is 17.4 Å². The molecule has 1 saturated heterocycles. The number of nitrogens with zero attached hydrogens (tertiary/aromatic N) is 5. The van der Waals surface area contributed by atoms with Crippen molar-refractivity contribution in [2.75, 3.05) is 13.2 Å². The zero-order valence-corrected chi connectivity index (χ0v) is 22.6. The Bertz CT molecular complexity index is 1820. The third kappa shape index (κ3) is 3.96. The molecule has 4 heterocycles. The average molecular weight is 543 g/mol. The maximum Gasteiger partial charge on any atom is 0.153 e. The van der Waals surface area contributed by atoms with E-state index in [1.807, 2.05) is 34.9 Å². The minimum atomic E-state index is -2.48. The van der Waals surface area contributed by atoms with E-state index in [0.29, 0.717) is 46.4 Å². The number of ether oxygens (including phenoxy) is 1. The van der Waals surface area contributed by atoms with Gasteiger partial charge in [0.15, 0.2) is 5.82 Å². The topological polar surface area (TPSA) is 78.0 Å². The second kappa shape index (κ2) is 9.49. The first kappa shape index (κ1) is 22.1. The number of halogens is 1. The first-order valence-corrected chi connectivity index (χ1v) is 14.0. The summed E-state index contributed by atoms with van der Waals surface area (Å²) in [5, 5.41) is 20.1. The zero-order valence-electron chi connectivity index (χ0n) is 25.6. The van der Waals surface area contributed by atoms with Gasteiger partial charge < -0.3 is 14.4 Å². The predicted molar refractivity (Wildman–Crippen MR) is 152 cm³/mol. The molecule has 1 aliphatic heterocycles. The van der Waals surface area contributed by atoms with Crippen LogP contribution in [0.1, 0.15) is 59.6 Å². The highest BCUT2D eigenvalue weighted by Gasteiger charge is 2.44. The third-order valence-electron chi connectivity index (χ3n) is 8.89. The molecule has 0 radical (unpaired) electrons. The number of aliphatic hydroxyl groups is 1. The molecule has 1 saturated carbocycles. The van der Waals surface area contributed by atoms with Gasteiger partial charge in [0, 0.05) is 47.1 Å². The van der Waals surface area contributed by atoms with E-state index in [0.717, 1.165) is 31.2 Å². The second-order valence-corrected chi connectivity index (χ2v) is 11.4. The molecular formula is C32H34FN5O2. The van der Waals surface area contributed by atoms with Gasteiger partial charge in [0.2, 0.25) is 0 Å². The Morgan fingerprint density at radius 3 is 2.62 bits per heavy atom. The molecule has 2 fully saturated rings. The highest BCUT2D eigenvalue weighted by molar-refractivity contribution is 6.07. The van der Waals surface area contributed by atoms with Crippen LogP contribution >= 0.6 is 0 Å². The van der Waals surface area contributed by atoms with Crippen molar-refractivity contribution in [3.8, 4) is 11.3 Å². The number of hydrogen-bond acceptors (Lipinski definition) is 5. The molecule has 0 unspecified atom stereocenters. The number of benzene rings is 2. The summed E-state index contributed by atoms with van der Waals surface area (Å²) in [7, 11) is 1.65. The van der Waals surface area contributed by atoms with Crippen molar-refractivity contribution in [1.29, 1.82) is 0 Å². The van der Waals surface area contributed by atoms with Crippen LogP contribution in [0.5, 0.6) is 0 Å². The fraction of sp³-hybridized carbons (Fsp3) is 0.406. The smallest absolute Gasteiger partial charge is 0.153 e. The summed E-state index contributed by atoms with van der Waals surface area (Å²) in [6.07, 6.45) is 4.92. The molecule has 0 bridgehead atoms. The van der Waals surface area contributed by atoms with E-state index in [-0.39, 0.29) is 29.1 Å². The first-order chi connectivity index (χ1) is 20.6. The van der Waals surface area contributed by atoms with Crippen LogP contribution < -0.4 is 0 Å². The van der Waals surface area contributed by atoms with Crippen molar-refractivity contribution in [2.45, 2.75) is 51.1 Å². The normalized spacial score (nSPS) is 20.2. The molecule has 8 heteroatoms. The number of aromatic nitrogens is 5. The summed E-state index contributed by atoms with van der Waals surface area (Å²) < 4.78 is 50.3. The van der Waals surface area contributed by atoms with E-state index in [4.69, 9.17) is 13.8 Å². The van der Waals surface area contributed by atoms with Crippen molar-refractivity contribution >= 4 is 21.9 Å². The predicted octanol–water partition coefficient (Wildman–Crippen LogP) is 6.07. The molecule has 40 heavy (non-hydrogen) atoms. The van der Waals surface area contributed by atoms with Gasteiger partial charge in [-0.3, -0.25) is 4.98 Å². The Morgan fingerprint density at radius 2 is 1.90 bits per heavy atom. The van der Waals surface area contributed by atoms with E-state index in [1.54, 1.807) is 26.2 Å². The fourth-order valence-corrected chi connectivity index (χ4v) is 6.63. The average Bonchev–Trinajstić information content (AvgIpc) is 3.71. The van der Waals surface area contributed by atoms with Gasteiger partial charge in [0.25, 0.3) is 0 Å². The fourth-order valence-electron chi connectivity index (χ4n) is 6.63. The molecule has 2 aromatic carbocycles. The van der Waals surface area contributed by atoms with Gasteiger partial charge in [0.1, 0.15) is 0 Å². The van der Waals surface area contributed by atoms with Gasteiger partial charge in [-0.2, -0.15) is 0 Å². The van der Waals surface area contributed by atoms with E-state index in [9.17, 15) is 5.11 Å². The summed E-state index contributed by atoms with van der Waals surface area (Å²) in [5.41, 5.74) is 2.43. The lowest BCUT2D eigenvalue weighted by Gasteiger charge is -2.33. The van der Waals surface area contributed by atoms with Crippen molar-refractivity contribution in [1.82, 2.24) is 24.5 Å². The molecule has 7 rings (SSSR count). The standard InChI is InChI=1S/C32H34FN5O2/c1-19-29(37(3)36-35-19)22-17-26-28(34-18-22)24-11-12-25(32(2,39)23-9-10-23)27(33)31(24)38(26)30(20-7-5-4-6-8-20)21-13-15-40-16-14-21/h4-8,11-12,17-18,21,23,30,39H,9-10,13-16H2,1-3H3/t30-,32+/m1/s1/i1D3. The second-order valence-electron chi connectivity index (χ2n) is 11.4. The molecule has 1 N–H and O–H groups in total. The Hall–Kier alpha value is -3.62. The van der Waals surface area contributed by atoms with E-state index in [1.165, 1.54) is 4.68 Å². The molecule has 0 amide bonds. The summed E-state index contributed by atoms with van der Waals surface area (Å²) in [6.45, 7) is 0.454. The summed E-state index contributed by atoms with van der Waals surface area (Å²) in [4.78, 5) is 4.82. The highest BCUT2D eigenvalue weighted by atomic mass is 19.1. The molecule has 5 aromatic rings. The molecule has 0 spiro atoms. The number of aryl methyl sites for hydroxylation is 2. The Balaban J connectivity index is 1.56. The molecule has 1 aliphatic carbocycles. The van der Waals surface area contributed by atoms with E-state index < -0.39 is 18.3 Å². The van der Waals surface area contributed by atoms with Crippen LogP contribution in [0.15, 0.2) is 54.7 Å². The SMILES string of the molecule is [2H]C([2H])([2H])c1nnn(C)c1-c1cnc2c3ccc([C@@](C)(O)C4CC4)c(F)c3n([C@H](c3ccccc3)C3CCOCC3)c2c1. The number of rotatable bonds is 6. The summed E-state index contributed by atoms with van der Waals surface area (Å²) >= 11 is 0. The highest BCUT2D eigenvalue weighted by Crippen LogP contribution is 2.48. The lowest BCUT2D eigenvalue weighted by Crippen LogP contribution is -2.28. The van der Waals surface area contributed by atoms with E-state index in [2.05, 4.69) is 22.4 Å². The van der Waals surface area contributed by atoms with Gasteiger partial charge in [-0.1, -0.05) is 47.7 Å². The Kier molecular flexibility index (Phi) is 5.25. The van der Waals surface area contributed by atoms with Crippen molar-refractivity contribution in [3.63, 3.8) is 0 Å². The Labute approximate surface area is 236 Å². The maximum atomic E-state index is 17.0. The minimum Gasteiger partial charge on any atom is -0.385 e. The minimum absolute atomic E-state index is 0.0121. The molecule has 3 aromatic heterocycles. The van der Waals surface area contributed by atoms with Crippen LogP contribution in [0.2, 0.25) is 0 Å². The van der Waals surface area contributed by atoms with Gasteiger partial charge in [0.05, 0.1) is 39.6 Å². The van der Waals surface area contributed by atoms with Gasteiger partial charge >= 0.3 is 0 Å². The van der Waals surface area contributed by atoms with Crippen LogP contribution in [0, 0.1) is 24.5 Å². The van der Waals surface area contributed by atoms with Gasteiger partial charge in [-0.15, -0.1) is 5.10 Å². The third-order valence-corrected chi connectivity index (χ3v) is 8.89. The number of fused-ring (bicyclic) bond motifs is 3. The maximum absolute atomic E-state index is 17.0. The van der Waals surface area contributed by atoms with Crippen LogP contribution in [0.25, 0.3) is 33.2 Å². The molecule has 206 valence electrons.